The van der Waals surface area contributed by atoms with Crippen molar-refractivity contribution in [2.45, 2.75) is 38.3 Å². The third-order valence-electron chi connectivity index (χ3n) is 3.54. The van der Waals surface area contributed by atoms with E-state index in [-0.39, 0.29) is 17.8 Å². The number of carbonyl (C=O) groups is 1. The Morgan fingerprint density at radius 2 is 1.88 bits per heavy atom. The van der Waals surface area contributed by atoms with Crippen LogP contribution in [0.5, 0.6) is 11.5 Å². The molecule has 25 heavy (non-hydrogen) atoms. The molecule has 1 aliphatic rings. The number of nitrogens with zero attached hydrogens (tertiary/aromatic N) is 1. The maximum Gasteiger partial charge on any atom is 0.573 e. The predicted molar refractivity (Wildman–Crippen MR) is 80.7 cm³/mol. The SMILES string of the molecule is CC(C#CC1CC(Oc2ccc(OC(F)(F)F)cc2)C1)N(O)C(N)=O. The molecule has 0 aromatic heterocycles. The Balaban J connectivity index is 1.78. The Kier molecular flexibility index (Phi) is 5.64. The van der Waals surface area contributed by atoms with Gasteiger partial charge in [-0.1, -0.05) is 11.8 Å². The summed E-state index contributed by atoms with van der Waals surface area (Å²) < 4.78 is 45.6. The first-order valence-corrected chi connectivity index (χ1v) is 7.45. The molecule has 2 rings (SSSR count). The summed E-state index contributed by atoms with van der Waals surface area (Å²) in [5, 5.41) is 9.64. The molecule has 0 aliphatic heterocycles. The van der Waals surface area contributed by atoms with Gasteiger partial charge in [0.15, 0.2) is 0 Å². The number of primary amides is 1. The largest absolute Gasteiger partial charge is 0.573 e. The van der Waals surface area contributed by atoms with Gasteiger partial charge in [-0.05, 0) is 44.0 Å². The first-order chi connectivity index (χ1) is 11.6. The number of ether oxygens (including phenoxy) is 2. The molecule has 0 saturated heterocycles. The van der Waals surface area contributed by atoms with Crippen LogP contribution in [0.1, 0.15) is 19.8 Å². The highest BCUT2D eigenvalue weighted by Crippen LogP contribution is 2.32. The van der Waals surface area contributed by atoms with Crippen molar-refractivity contribution in [3.63, 3.8) is 0 Å². The average Bonchev–Trinajstić information content (AvgIpc) is 2.48. The van der Waals surface area contributed by atoms with Crippen LogP contribution in [0.3, 0.4) is 0 Å². The first-order valence-electron chi connectivity index (χ1n) is 7.45. The molecular formula is C16H17F3N2O4. The fourth-order valence-electron chi connectivity index (χ4n) is 2.18. The van der Waals surface area contributed by atoms with E-state index in [1.165, 1.54) is 31.2 Å². The number of nitrogens with two attached hydrogens (primary N) is 1. The number of urea groups is 1. The van der Waals surface area contributed by atoms with Crippen molar-refractivity contribution < 1.29 is 32.6 Å². The minimum atomic E-state index is -4.72. The lowest BCUT2D eigenvalue weighted by Crippen LogP contribution is -2.39. The molecule has 2 amide bonds. The summed E-state index contributed by atoms with van der Waals surface area (Å²) in [6.45, 7) is 1.54. The Morgan fingerprint density at radius 3 is 2.40 bits per heavy atom. The van der Waals surface area contributed by atoms with Crippen LogP contribution in [0.15, 0.2) is 24.3 Å². The standard InChI is InChI=1S/C16H17F3N2O4/c1-10(21(23)15(20)22)2-3-11-8-14(9-11)24-12-4-6-13(7-5-12)25-16(17,18)19/h4-7,10-11,14,23H,8-9H2,1H3,(H2,20,22). The van der Waals surface area contributed by atoms with Crippen molar-refractivity contribution in [2.24, 2.45) is 11.7 Å². The quantitative estimate of drug-likeness (QED) is 0.492. The van der Waals surface area contributed by atoms with Gasteiger partial charge in [0.25, 0.3) is 0 Å². The van der Waals surface area contributed by atoms with Gasteiger partial charge in [-0.3, -0.25) is 5.21 Å². The van der Waals surface area contributed by atoms with Gasteiger partial charge in [-0.25, -0.2) is 4.79 Å². The van der Waals surface area contributed by atoms with Gasteiger partial charge in [-0.15, -0.1) is 13.2 Å². The lowest BCUT2D eigenvalue weighted by Gasteiger charge is -2.32. The number of hydrogen-bond acceptors (Lipinski definition) is 4. The van der Waals surface area contributed by atoms with Crippen molar-refractivity contribution in [1.29, 1.82) is 0 Å². The second-order valence-corrected chi connectivity index (χ2v) is 5.57. The monoisotopic (exact) mass is 358 g/mol. The van der Waals surface area contributed by atoms with Gasteiger partial charge in [0.1, 0.15) is 23.6 Å². The van der Waals surface area contributed by atoms with Crippen LogP contribution in [-0.2, 0) is 0 Å². The third-order valence-corrected chi connectivity index (χ3v) is 3.54. The number of amides is 2. The van der Waals surface area contributed by atoms with Crippen LogP contribution >= 0.6 is 0 Å². The van der Waals surface area contributed by atoms with E-state index in [0.717, 1.165) is 0 Å². The van der Waals surface area contributed by atoms with Gasteiger partial charge < -0.3 is 15.2 Å². The zero-order valence-corrected chi connectivity index (χ0v) is 13.3. The van der Waals surface area contributed by atoms with Crippen molar-refractivity contribution in [2.75, 3.05) is 0 Å². The van der Waals surface area contributed by atoms with Crippen molar-refractivity contribution >= 4 is 6.03 Å². The molecule has 0 bridgehead atoms. The van der Waals surface area contributed by atoms with E-state index < -0.39 is 18.4 Å². The van der Waals surface area contributed by atoms with E-state index in [2.05, 4.69) is 16.6 Å². The molecule has 0 heterocycles. The Morgan fingerprint density at radius 1 is 1.32 bits per heavy atom. The molecule has 136 valence electrons. The van der Waals surface area contributed by atoms with Crippen LogP contribution in [0.4, 0.5) is 18.0 Å². The normalized spacial score (nSPS) is 20.5. The third kappa shape index (κ3) is 5.76. The van der Waals surface area contributed by atoms with Gasteiger partial charge >= 0.3 is 12.4 Å². The Labute approximate surface area is 142 Å². The highest BCUT2D eigenvalue weighted by molar-refractivity contribution is 5.71. The molecule has 6 nitrogen and oxygen atoms in total. The second kappa shape index (κ2) is 7.53. The highest BCUT2D eigenvalue weighted by atomic mass is 19.4. The summed E-state index contributed by atoms with van der Waals surface area (Å²) in [4.78, 5) is 10.8. The van der Waals surface area contributed by atoms with E-state index in [1.54, 1.807) is 0 Å². The van der Waals surface area contributed by atoms with Gasteiger partial charge in [0, 0.05) is 5.92 Å². The summed E-state index contributed by atoms with van der Waals surface area (Å²) >= 11 is 0. The van der Waals surface area contributed by atoms with Crippen LogP contribution < -0.4 is 15.2 Å². The topological polar surface area (TPSA) is 85.0 Å². The van der Waals surface area contributed by atoms with Gasteiger partial charge in [-0.2, -0.15) is 5.06 Å². The van der Waals surface area contributed by atoms with E-state index >= 15 is 0 Å². The van der Waals surface area contributed by atoms with Crippen molar-refractivity contribution in [1.82, 2.24) is 5.06 Å². The van der Waals surface area contributed by atoms with Crippen LogP contribution in [-0.4, -0.2) is 34.8 Å². The number of halogens is 3. The van der Waals surface area contributed by atoms with Gasteiger partial charge in [0.2, 0.25) is 0 Å². The summed E-state index contributed by atoms with van der Waals surface area (Å²) in [6.07, 6.45) is -3.53. The molecule has 1 atom stereocenters. The van der Waals surface area contributed by atoms with Crippen molar-refractivity contribution in [3.8, 4) is 23.3 Å². The minimum Gasteiger partial charge on any atom is -0.490 e. The van der Waals surface area contributed by atoms with E-state index in [4.69, 9.17) is 10.5 Å². The highest BCUT2D eigenvalue weighted by Gasteiger charge is 2.32. The van der Waals surface area contributed by atoms with Crippen LogP contribution in [0, 0.1) is 17.8 Å². The molecule has 1 fully saturated rings. The Bertz CT molecular complexity index is 661. The number of carbonyl (C=O) groups excluding carboxylic acids is 1. The fourth-order valence-corrected chi connectivity index (χ4v) is 2.18. The van der Waals surface area contributed by atoms with Crippen molar-refractivity contribution in [3.05, 3.63) is 24.3 Å². The smallest absolute Gasteiger partial charge is 0.490 e. The zero-order valence-electron chi connectivity index (χ0n) is 13.3. The number of alkyl halides is 3. The number of hydrogen-bond donors (Lipinski definition) is 2. The molecule has 3 N–H and O–H groups in total. The molecule has 1 aliphatic carbocycles. The van der Waals surface area contributed by atoms with Gasteiger partial charge in [0.05, 0.1) is 0 Å². The summed E-state index contributed by atoms with van der Waals surface area (Å²) in [5.41, 5.74) is 4.92. The lowest BCUT2D eigenvalue weighted by atomic mass is 9.82. The molecule has 9 heteroatoms. The molecule has 1 aromatic carbocycles. The molecule has 0 radical (unpaired) electrons. The average molecular weight is 358 g/mol. The second-order valence-electron chi connectivity index (χ2n) is 5.57. The molecule has 0 spiro atoms. The Hall–Kier alpha value is -2.60. The first kappa shape index (κ1) is 18.7. The lowest BCUT2D eigenvalue weighted by molar-refractivity contribution is -0.274. The maximum absolute atomic E-state index is 12.1. The molecule has 1 unspecified atom stereocenters. The number of hydroxylamine groups is 2. The number of rotatable bonds is 4. The fraction of sp³-hybridized carbons (Fsp3) is 0.438. The predicted octanol–water partition coefficient (Wildman–Crippen LogP) is 2.90. The van der Waals surface area contributed by atoms with E-state index in [0.29, 0.717) is 23.7 Å². The van der Waals surface area contributed by atoms with Crippen LogP contribution in [0.25, 0.3) is 0 Å². The molecule has 1 saturated carbocycles. The summed E-state index contributed by atoms with van der Waals surface area (Å²) in [6, 6.07) is 3.48. The maximum atomic E-state index is 12.1. The minimum absolute atomic E-state index is 0.0570. The molecular weight excluding hydrogens is 341 g/mol. The summed E-state index contributed by atoms with van der Waals surface area (Å²) in [7, 11) is 0. The molecule has 1 aromatic rings. The summed E-state index contributed by atoms with van der Waals surface area (Å²) in [5.74, 6) is 5.83. The van der Waals surface area contributed by atoms with E-state index in [1.807, 2.05) is 0 Å². The zero-order chi connectivity index (χ0) is 18.6. The number of benzene rings is 1. The van der Waals surface area contributed by atoms with E-state index in [9.17, 15) is 23.2 Å². The van der Waals surface area contributed by atoms with Crippen LogP contribution in [0.2, 0.25) is 0 Å².